The molecule has 3 aromatic rings. The fourth-order valence-corrected chi connectivity index (χ4v) is 3.43. The van der Waals surface area contributed by atoms with Gasteiger partial charge in [0, 0.05) is 30.5 Å². The summed E-state index contributed by atoms with van der Waals surface area (Å²) in [5.41, 5.74) is 3.11. The first-order valence-corrected chi connectivity index (χ1v) is 10.1. The predicted octanol–water partition coefficient (Wildman–Crippen LogP) is 3.95. The molecule has 1 aliphatic rings. The normalized spacial score (nSPS) is 13.7. The lowest BCUT2D eigenvalue weighted by Crippen LogP contribution is -2.37. The molecule has 160 valence electrons. The SMILES string of the molecule is N#Cc1cc(Nc2ncc(-c3cccc(/C=C/C=O)c3)c(N3CCOCC3)n2)ccc1F. The Balaban J connectivity index is 1.72. The number of rotatable bonds is 6. The summed E-state index contributed by atoms with van der Waals surface area (Å²) in [6.07, 6.45) is 5.66. The lowest BCUT2D eigenvalue weighted by atomic mass is 10.0. The van der Waals surface area contributed by atoms with E-state index in [1.807, 2.05) is 30.3 Å². The molecule has 1 saturated heterocycles. The third-order valence-corrected chi connectivity index (χ3v) is 4.99. The first-order chi connectivity index (χ1) is 15.7. The summed E-state index contributed by atoms with van der Waals surface area (Å²) in [7, 11) is 0. The van der Waals surface area contributed by atoms with Gasteiger partial charge >= 0.3 is 0 Å². The Bertz CT molecular complexity index is 1200. The van der Waals surface area contributed by atoms with Gasteiger partial charge in [-0.3, -0.25) is 4.79 Å². The molecular weight excluding hydrogens is 409 g/mol. The number of nitrogens with one attached hydrogen (secondary N) is 1. The van der Waals surface area contributed by atoms with E-state index in [2.05, 4.69) is 15.2 Å². The number of aldehydes is 1. The van der Waals surface area contributed by atoms with Crippen LogP contribution in [0.4, 0.5) is 21.8 Å². The van der Waals surface area contributed by atoms with Crippen LogP contribution in [0.2, 0.25) is 0 Å². The van der Waals surface area contributed by atoms with Crippen LogP contribution in [0.3, 0.4) is 0 Å². The van der Waals surface area contributed by atoms with Crippen molar-refractivity contribution in [2.45, 2.75) is 0 Å². The van der Waals surface area contributed by atoms with Gasteiger partial charge in [0.1, 0.15) is 24.0 Å². The molecule has 0 radical (unpaired) electrons. The lowest BCUT2D eigenvalue weighted by molar-refractivity contribution is -0.104. The number of aromatic nitrogens is 2. The van der Waals surface area contributed by atoms with Gasteiger partial charge in [0.15, 0.2) is 0 Å². The summed E-state index contributed by atoms with van der Waals surface area (Å²) in [6.45, 7) is 2.56. The second-order valence-electron chi connectivity index (χ2n) is 7.08. The van der Waals surface area contributed by atoms with Gasteiger partial charge in [0.05, 0.1) is 18.8 Å². The third-order valence-electron chi connectivity index (χ3n) is 4.99. The van der Waals surface area contributed by atoms with Crippen molar-refractivity contribution in [1.82, 2.24) is 9.97 Å². The third kappa shape index (κ3) is 4.79. The molecule has 2 heterocycles. The molecular formula is C24H20FN5O2. The molecule has 0 bridgehead atoms. The molecule has 0 amide bonds. The highest BCUT2D eigenvalue weighted by molar-refractivity contribution is 5.80. The zero-order valence-corrected chi connectivity index (χ0v) is 17.2. The summed E-state index contributed by atoms with van der Waals surface area (Å²) in [5, 5.41) is 12.1. The Labute approximate surface area is 184 Å². The van der Waals surface area contributed by atoms with E-state index in [4.69, 9.17) is 15.0 Å². The van der Waals surface area contributed by atoms with E-state index in [0.717, 1.165) is 28.8 Å². The van der Waals surface area contributed by atoms with Crippen LogP contribution in [0.25, 0.3) is 17.2 Å². The molecule has 0 aliphatic carbocycles. The zero-order chi connectivity index (χ0) is 22.3. The summed E-state index contributed by atoms with van der Waals surface area (Å²) < 4.78 is 19.1. The number of hydrogen-bond acceptors (Lipinski definition) is 7. The van der Waals surface area contributed by atoms with Crippen LogP contribution in [0, 0.1) is 17.1 Å². The van der Waals surface area contributed by atoms with Crippen LogP contribution < -0.4 is 10.2 Å². The van der Waals surface area contributed by atoms with Gasteiger partial charge < -0.3 is 15.0 Å². The molecule has 1 fully saturated rings. The fourth-order valence-electron chi connectivity index (χ4n) is 3.43. The van der Waals surface area contributed by atoms with Crippen molar-refractivity contribution in [2.75, 3.05) is 36.5 Å². The van der Waals surface area contributed by atoms with E-state index in [9.17, 15) is 9.18 Å². The summed E-state index contributed by atoms with van der Waals surface area (Å²) in [5.74, 6) is 0.500. The van der Waals surface area contributed by atoms with Crippen LogP contribution in [-0.4, -0.2) is 42.6 Å². The minimum Gasteiger partial charge on any atom is -0.378 e. The van der Waals surface area contributed by atoms with E-state index in [0.29, 0.717) is 37.9 Å². The minimum atomic E-state index is -0.577. The predicted molar refractivity (Wildman–Crippen MR) is 120 cm³/mol. The summed E-state index contributed by atoms with van der Waals surface area (Å²) in [6, 6.07) is 13.8. The number of anilines is 3. The first kappa shape index (κ1) is 21.2. The van der Waals surface area contributed by atoms with E-state index >= 15 is 0 Å². The van der Waals surface area contributed by atoms with E-state index in [1.165, 1.54) is 24.3 Å². The molecule has 1 aromatic heterocycles. The summed E-state index contributed by atoms with van der Waals surface area (Å²) >= 11 is 0. The van der Waals surface area contributed by atoms with Gasteiger partial charge in [-0.25, -0.2) is 9.37 Å². The van der Waals surface area contributed by atoms with E-state index < -0.39 is 5.82 Å². The van der Waals surface area contributed by atoms with E-state index in [1.54, 1.807) is 12.3 Å². The average Bonchev–Trinajstić information content (AvgIpc) is 2.84. The average molecular weight is 429 g/mol. The second kappa shape index (κ2) is 9.81. The molecule has 8 heteroatoms. The Hall–Kier alpha value is -4.09. The monoisotopic (exact) mass is 429 g/mol. The molecule has 0 unspecified atom stereocenters. The van der Waals surface area contributed by atoms with Crippen LogP contribution >= 0.6 is 0 Å². The van der Waals surface area contributed by atoms with Crippen molar-refractivity contribution in [3.8, 4) is 17.2 Å². The maximum atomic E-state index is 13.6. The number of morpholine rings is 1. The van der Waals surface area contributed by atoms with Gasteiger partial charge in [-0.2, -0.15) is 10.2 Å². The standard InChI is InChI=1S/C24H20FN5O2/c25-22-7-6-20(14-19(22)15-26)28-24-27-16-21(23(29-24)30-8-11-32-12-9-30)18-5-1-3-17(13-18)4-2-10-31/h1-7,10,13-14,16H,8-9,11-12H2,(H,27,28,29)/b4-2+. The van der Waals surface area contributed by atoms with Crippen LogP contribution in [0.1, 0.15) is 11.1 Å². The van der Waals surface area contributed by atoms with Crippen LogP contribution in [0.5, 0.6) is 0 Å². The van der Waals surface area contributed by atoms with Crippen molar-refractivity contribution in [3.63, 3.8) is 0 Å². The van der Waals surface area contributed by atoms with Gasteiger partial charge in [0.25, 0.3) is 0 Å². The highest BCUT2D eigenvalue weighted by Gasteiger charge is 2.19. The van der Waals surface area contributed by atoms with Crippen molar-refractivity contribution < 1.29 is 13.9 Å². The number of nitrogens with zero attached hydrogens (tertiary/aromatic N) is 4. The highest BCUT2D eigenvalue weighted by atomic mass is 19.1. The maximum Gasteiger partial charge on any atom is 0.229 e. The molecule has 32 heavy (non-hydrogen) atoms. The highest BCUT2D eigenvalue weighted by Crippen LogP contribution is 2.31. The molecule has 0 spiro atoms. The van der Waals surface area contributed by atoms with Crippen molar-refractivity contribution in [2.24, 2.45) is 0 Å². The smallest absolute Gasteiger partial charge is 0.229 e. The Morgan fingerprint density at radius 3 is 2.81 bits per heavy atom. The lowest BCUT2D eigenvalue weighted by Gasteiger charge is -2.29. The molecule has 0 atom stereocenters. The minimum absolute atomic E-state index is 0.0554. The molecule has 7 nitrogen and oxygen atoms in total. The van der Waals surface area contributed by atoms with Gasteiger partial charge in [-0.15, -0.1) is 0 Å². The number of nitriles is 1. The molecule has 1 N–H and O–H groups in total. The van der Waals surface area contributed by atoms with Gasteiger partial charge in [-0.1, -0.05) is 24.3 Å². The molecule has 1 aliphatic heterocycles. The maximum absolute atomic E-state index is 13.6. The van der Waals surface area contributed by atoms with Gasteiger partial charge in [0.2, 0.25) is 5.95 Å². The van der Waals surface area contributed by atoms with Crippen LogP contribution in [0.15, 0.2) is 54.7 Å². The van der Waals surface area contributed by atoms with Crippen molar-refractivity contribution in [3.05, 3.63) is 71.7 Å². The molecule has 4 rings (SSSR count). The number of benzene rings is 2. The van der Waals surface area contributed by atoms with Crippen molar-refractivity contribution in [1.29, 1.82) is 5.26 Å². The topological polar surface area (TPSA) is 91.1 Å². The number of allylic oxidation sites excluding steroid dienone is 1. The quantitative estimate of drug-likeness (QED) is 0.469. The number of hydrogen-bond donors (Lipinski definition) is 1. The number of halogens is 1. The van der Waals surface area contributed by atoms with Gasteiger partial charge in [-0.05, 0) is 41.5 Å². The Kier molecular flexibility index (Phi) is 6.49. The summed E-state index contributed by atoms with van der Waals surface area (Å²) in [4.78, 5) is 22.0. The molecule has 2 aromatic carbocycles. The number of carbonyl (C=O) groups excluding carboxylic acids is 1. The molecule has 0 saturated carbocycles. The first-order valence-electron chi connectivity index (χ1n) is 10.1. The Morgan fingerprint density at radius 2 is 2.03 bits per heavy atom. The fraction of sp³-hybridized carbons (Fsp3) is 0.167. The zero-order valence-electron chi connectivity index (χ0n) is 17.2. The number of ether oxygens (including phenoxy) is 1. The van der Waals surface area contributed by atoms with E-state index in [-0.39, 0.29) is 5.56 Å². The largest absolute Gasteiger partial charge is 0.378 e. The Morgan fingerprint density at radius 1 is 1.19 bits per heavy atom. The van der Waals surface area contributed by atoms with Crippen LogP contribution in [-0.2, 0) is 9.53 Å². The number of carbonyl (C=O) groups is 1. The second-order valence-corrected chi connectivity index (χ2v) is 7.08. The van der Waals surface area contributed by atoms with Crippen molar-refractivity contribution >= 4 is 29.8 Å².